The first-order valence-corrected chi connectivity index (χ1v) is 6.37. The molecule has 1 aromatic rings. The maximum Gasteiger partial charge on any atom is 0.408 e. The number of hydrogen-bond donors (Lipinski definition) is 1. The Bertz CT molecular complexity index is 475. The molecule has 1 aliphatic heterocycles. The smallest absolute Gasteiger partial charge is 0.408 e. The molecule has 0 unspecified atom stereocenters. The second kappa shape index (κ2) is 5.38. The molecule has 1 N–H and O–H groups in total. The lowest BCUT2D eigenvalue weighted by Gasteiger charge is -2.23. The Hall–Kier alpha value is -1.91. The van der Waals surface area contributed by atoms with Crippen LogP contribution in [0.5, 0.6) is 11.5 Å². The number of alkyl carbamates (subject to hydrolysis) is 1. The van der Waals surface area contributed by atoms with Crippen molar-refractivity contribution < 1.29 is 19.0 Å². The number of carbonyl (C=O) groups excluding carboxylic acids is 1. The highest BCUT2D eigenvalue weighted by Gasteiger charge is 2.37. The molecule has 5 nitrogen and oxygen atoms in total. The molecule has 1 aliphatic rings. The lowest BCUT2D eigenvalue weighted by molar-refractivity contribution is 0.0701. The fraction of sp³-hybridized carbons (Fsp3) is 0.500. The number of cyclic esters (lactones) is 1. The van der Waals surface area contributed by atoms with Gasteiger partial charge in [0.05, 0.1) is 20.3 Å². The quantitative estimate of drug-likeness (QED) is 0.888. The van der Waals surface area contributed by atoms with Gasteiger partial charge < -0.3 is 19.5 Å². The Morgan fingerprint density at radius 1 is 1.42 bits per heavy atom. The van der Waals surface area contributed by atoms with E-state index in [2.05, 4.69) is 5.32 Å². The van der Waals surface area contributed by atoms with E-state index < -0.39 is 11.7 Å². The minimum Gasteiger partial charge on any atom is -0.493 e. The van der Waals surface area contributed by atoms with E-state index in [9.17, 15) is 4.79 Å². The molecule has 19 heavy (non-hydrogen) atoms. The van der Waals surface area contributed by atoms with E-state index in [1.165, 1.54) is 0 Å². The van der Waals surface area contributed by atoms with Crippen LogP contribution >= 0.6 is 0 Å². The lowest BCUT2D eigenvalue weighted by atomic mass is 9.96. The Labute approximate surface area is 112 Å². The van der Waals surface area contributed by atoms with Crippen LogP contribution < -0.4 is 14.8 Å². The molecule has 1 saturated heterocycles. The van der Waals surface area contributed by atoms with E-state index in [4.69, 9.17) is 14.2 Å². The highest BCUT2D eigenvalue weighted by atomic mass is 16.6. The SMILES string of the molecule is CCCOc1cc([C@@]2(C)CNC(=O)O2)ccc1OC. The van der Waals surface area contributed by atoms with Crippen LogP contribution in [0.4, 0.5) is 4.79 Å². The molecular weight excluding hydrogens is 246 g/mol. The summed E-state index contributed by atoms with van der Waals surface area (Å²) >= 11 is 0. The Balaban J connectivity index is 2.29. The first-order chi connectivity index (χ1) is 9.09. The molecule has 1 fully saturated rings. The number of nitrogens with one attached hydrogen (secondary N) is 1. The van der Waals surface area contributed by atoms with E-state index in [0.29, 0.717) is 24.7 Å². The van der Waals surface area contributed by atoms with Gasteiger partial charge in [0.25, 0.3) is 0 Å². The van der Waals surface area contributed by atoms with Gasteiger partial charge in [0.15, 0.2) is 17.1 Å². The zero-order chi connectivity index (χ0) is 13.9. The first kappa shape index (κ1) is 13.5. The minimum absolute atomic E-state index is 0.394. The molecule has 1 aromatic carbocycles. The van der Waals surface area contributed by atoms with Crippen molar-refractivity contribution >= 4 is 6.09 Å². The first-order valence-electron chi connectivity index (χ1n) is 6.37. The lowest BCUT2D eigenvalue weighted by Crippen LogP contribution is -2.26. The molecule has 1 amide bonds. The normalized spacial score (nSPS) is 21.7. The number of carbonyl (C=O) groups is 1. The number of amides is 1. The summed E-state index contributed by atoms with van der Waals surface area (Å²) in [6, 6.07) is 5.59. The van der Waals surface area contributed by atoms with Gasteiger partial charge in [-0.15, -0.1) is 0 Å². The largest absolute Gasteiger partial charge is 0.493 e. The van der Waals surface area contributed by atoms with Gasteiger partial charge in [-0.25, -0.2) is 4.79 Å². The zero-order valence-corrected chi connectivity index (χ0v) is 11.5. The molecule has 0 spiro atoms. The number of rotatable bonds is 5. The van der Waals surface area contributed by atoms with Crippen molar-refractivity contribution in [3.8, 4) is 11.5 Å². The van der Waals surface area contributed by atoms with Crippen LogP contribution in [-0.4, -0.2) is 26.4 Å². The van der Waals surface area contributed by atoms with Crippen molar-refractivity contribution in [3.63, 3.8) is 0 Å². The van der Waals surface area contributed by atoms with E-state index in [-0.39, 0.29) is 0 Å². The summed E-state index contributed by atoms with van der Waals surface area (Å²) in [7, 11) is 1.60. The second-order valence-corrected chi connectivity index (χ2v) is 4.69. The highest BCUT2D eigenvalue weighted by molar-refractivity contribution is 5.70. The van der Waals surface area contributed by atoms with Gasteiger partial charge in [-0.05, 0) is 25.5 Å². The molecule has 1 atom stereocenters. The molecule has 2 rings (SSSR count). The van der Waals surface area contributed by atoms with E-state index in [0.717, 1.165) is 12.0 Å². The molecule has 0 radical (unpaired) electrons. The standard InChI is InChI=1S/C14H19NO4/c1-4-7-18-12-8-10(5-6-11(12)17-3)14(2)9-15-13(16)19-14/h5-6,8H,4,7,9H2,1-3H3,(H,15,16)/t14-/m1/s1. The number of methoxy groups -OCH3 is 1. The summed E-state index contributed by atoms with van der Waals surface area (Å²) < 4.78 is 16.3. The monoisotopic (exact) mass is 265 g/mol. The van der Waals surface area contributed by atoms with E-state index >= 15 is 0 Å². The van der Waals surface area contributed by atoms with Crippen molar-refractivity contribution in [1.82, 2.24) is 5.32 Å². The molecule has 0 bridgehead atoms. The summed E-state index contributed by atoms with van der Waals surface area (Å²) in [6.45, 7) is 4.98. The molecule has 0 saturated carbocycles. The average Bonchev–Trinajstić information content (AvgIpc) is 2.77. The third-order valence-corrected chi connectivity index (χ3v) is 3.12. The van der Waals surface area contributed by atoms with Crippen LogP contribution in [-0.2, 0) is 10.3 Å². The second-order valence-electron chi connectivity index (χ2n) is 4.69. The van der Waals surface area contributed by atoms with Crippen molar-refractivity contribution in [1.29, 1.82) is 0 Å². The third-order valence-electron chi connectivity index (χ3n) is 3.12. The molecule has 104 valence electrons. The maximum atomic E-state index is 11.2. The van der Waals surface area contributed by atoms with Crippen LogP contribution in [0.1, 0.15) is 25.8 Å². The Kier molecular flexibility index (Phi) is 3.83. The van der Waals surface area contributed by atoms with Crippen LogP contribution in [0, 0.1) is 0 Å². The van der Waals surface area contributed by atoms with E-state index in [1.807, 2.05) is 32.0 Å². The van der Waals surface area contributed by atoms with Crippen LogP contribution in [0.2, 0.25) is 0 Å². The van der Waals surface area contributed by atoms with Crippen LogP contribution in [0.25, 0.3) is 0 Å². The predicted molar refractivity (Wildman–Crippen MR) is 70.6 cm³/mol. The summed E-state index contributed by atoms with van der Waals surface area (Å²) in [6.07, 6.45) is 0.524. The molecular formula is C14H19NO4. The molecule has 5 heteroatoms. The van der Waals surface area contributed by atoms with Crippen LogP contribution in [0.3, 0.4) is 0 Å². The summed E-state index contributed by atoms with van der Waals surface area (Å²) in [5, 5.41) is 2.67. The van der Waals surface area contributed by atoms with E-state index in [1.54, 1.807) is 7.11 Å². The van der Waals surface area contributed by atoms with Crippen molar-refractivity contribution in [2.24, 2.45) is 0 Å². The number of ether oxygens (including phenoxy) is 3. The van der Waals surface area contributed by atoms with Crippen LogP contribution in [0.15, 0.2) is 18.2 Å². The number of benzene rings is 1. The van der Waals surface area contributed by atoms with Gasteiger partial charge in [0, 0.05) is 5.56 Å². The van der Waals surface area contributed by atoms with Gasteiger partial charge in [0.1, 0.15) is 0 Å². The van der Waals surface area contributed by atoms with Gasteiger partial charge in [-0.2, -0.15) is 0 Å². The Morgan fingerprint density at radius 2 is 2.21 bits per heavy atom. The fourth-order valence-corrected chi connectivity index (χ4v) is 2.01. The van der Waals surface area contributed by atoms with Crippen molar-refractivity contribution in [2.75, 3.05) is 20.3 Å². The summed E-state index contributed by atoms with van der Waals surface area (Å²) in [5.41, 5.74) is 0.228. The third kappa shape index (κ3) is 2.75. The van der Waals surface area contributed by atoms with Gasteiger partial charge in [-0.3, -0.25) is 0 Å². The van der Waals surface area contributed by atoms with Gasteiger partial charge in [-0.1, -0.05) is 13.0 Å². The highest BCUT2D eigenvalue weighted by Crippen LogP contribution is 2.35. The minimum atomic E-state index is -0.659. The van der Waals surface area contributed by atoms with Gasteiger partial charge in [0.2, 0.25) is 0 Å². The summed E-state index contributed by atoms with van der Waals surface area (Å²) in [4.78, 5) is 11.2. The van der Waals surface area contributed by atoms with Gasteiger partial charge >= 0.3 is 6.09 Å². The molecule has 1 heterocycles. The number of hydrogen-bond acceptors (Lipinski definition) is 4. The van der Waals surface area contributed by atoms with Crippen molar-refractivity contribution in [2.45, 2.75) is 25.9 Å². The zero-order valence-electron chi connectivity index (χ0n) is 11.5. The average molecular weight is 265 g/mol. The maximum absolute atomic E-state index is 11.2. The molecule has 0 aromatic heterocycles. The Morgan fingerprint density at radius 3 is 2.79 bits per heavy atom. The molecule has 0 aliphatic carbocycles. The van der Waals surface area contributed by atoms with Crippen molar-refractivity contribution in [3.05, 3.63) is 23.8 Å². The fourth-order valence-electron chi connectivity index (χ4n) is 2.01. The summed E-state index contributed by atoms with van der Waals surface area (Å²) in [5.74, 6) is 1.35. The topological polar surface area (TPSA) is 56.8 Å². The predicted octanol–water partition coefficient (Wildman–Crippen LogP) is 2.44.